The monoisotopic (exact) mass is 220 g/mol. The minimum absolute atomic E-state index is 0.0834. The van der Waals surface area contributed by atoms with Crippen molar-refractivity contribution in [3.05, 3.63) is 41.6 Å². The van der Waals surface area contributed by atoms with Crippen molar-refractivity contribution < 1.29 is 4.42 Å². The molecule has 0 amide bonds. The second kappa shape index (κ2) is 4.51. The molecule has 0 radical (unpaired) electrons. The van der Waals surface area contributed by atoms with Gasteiger partial charge < -0.3 is 4.42 Å². The molecule has 0 saturated carbocycles. The number of rotatable bonds is 4. The Kier molecular flexibility index (Phi) is 3.07. The van der Waals surface area contributed by atoms with E-state index in [0.717, 1.165) is 23.6 Å². The standard InChI is InChI=1S/C11H16N4O/c1-3-15-10(4-5-13-15)11(14-12)9-6-8(2)16-7-9/h4-7,11,14H,3,12H2,1-2H3. The Hall–Kier alpha value is -1.59. The summed E-state index contributed by atoms with van der Waals surface area (Å²) in [6.07, 6.45) is 3.49. The highest BCUT2D eigenvalue weighted by atomic mass is 16.3. The Morgan fingerprint density at radius 3 is 3.00 bits per heavy atom. The second-order valence-corrected chi connectivity index (χ2v) is 3.66. The average molecular weight is 220 g/mol. The molecule has 0 spiro atoms. The van der Waals surface area contributed by atoms with Crippen LogP contribution < -0.4 is 11.3 Å². The van der Waals surface area contributed by atoms with Gasteiger partial charge in [0.2, 0.25) is 0 Å². The second-order valence-electron chi connectivity index (χ2n) is 3.66. The van der Waals surface area contributed by atoms with Gasteiger partial charge in [0, 0.05) is 18.3 Å². The molecule has 2 aromatic heterocycles. The van der Waals surface area contributed by atoms with Crippen LogP contribution in [0.4, 0.5) is 0 Å². The maximum atomic E-state index is 5.60. The van der Waals surface area contributed by atoms with Crippen molar-refractivity contribution in [2.45, 2.75) is 26.4 Å². The topological polar surface area (TPSA) is 69.0 Å². The molecule has 0 aliphatic carbocycles. The fourth-order valence-electron chi connectivity index (χ4n) is 1.82. The van der Waals surface area contributed by atoms with Crippen molar-refractivity contribution in [2.75, 3.05) is 0 Å². The van der Waals surface area contributed by atoms with Gasteiger partial charge in [0.25, 0.3) is 0 Å². The lowest BCUT2D eigenvalue weighted by Gasteiger charge is -2.15. The molecule has 2 rings (SSSR count). The lowest BCUT2D eigenvalue weighted by molar-refractivity contribution is 0.514. The Balaban J connectivity index is 2.36. The molecule has 0 saturated heterocycles. The summed E-state index contributed by atoms with van der Waals surface area (Å²) in [5.74, 6) is 6.47. The van der Waals surface area contributed by atoms with E-state index < -0.39 is 0 Å². The van der Waals surface area contributed by atoms with E-state index in [1.54, 1.807) is 12.5 Å². The summed E-state index contributed by atoms with van der Waals surface area (Å²) < 4.78 is 7.20. The summed E-state index contributed by atoms with van der Waals surface area (Å²) in [6, 6.07) is 3.84. The van der Waals surface area contributed by atoms with Gasteiger partial charge >= 0.3 is 0 Å². The van der Waals surface area contributed by atoms with Crippen LogP contribution in [0.5, 0.6) is 0 Å². The molecular weight excluding hydrogens is 204 g/mol. The largest absolute Gasteiger partial charge is 0.469 e. The molecule has 2 heterocycles. The van der Waals surface area contributed by atoms with E-state index in [1.165, 1.54) is 0 Å². The maximum absolute atomic E-state index is 5.60. The van der Waals surface area contributed by atoms with Crippen LogP contribution in [0.3, 0.4) is 0 Å². The summed E-state index contributed by atoms with van der Waals surface area (Å²) in [7, 11) is 0. The van der Waals surface area contributed by atoms with Crippen LogP contribution in [0.1, 0.15) is 30.0 Å². The number of nitrogens with zero attached hydrogens (tertiary/aromatic N) is 2. The number of hydrazine groups is 1. The van der Waals surface area contributed by atoms with E-state index in [2.05, 4.69) is 10.5 Å². The van der Waals surface area contributed by atoms with Crippen LogP contribution >= 0.6 is 0 Å². The van der Waals surface area contributed by atoms with Gasteiger partial charge in [-0.05, 0) is 26.0 Å². The summed E-state index contributed by atoms with van der Waals surface area (Å²) in [6.45, 7) is 4.77. The molecule has 3 N–H and O–H groups in total. The summed E-state index contributed by atoms with van der Waals surface area (Å²) in [5.41, 5.74) is 4.83. The minimum atomic E-state index is -0.0834. The van der Waals surface area contributed by atoms with Crippen molar-refractivity contribution >= 4 is 0 Å². The van der Waals surface area contributed by atoms with Crippen molar-refractivity contribution in [2.24, 2.45) is 5.84 Å². The van der Waals surface area contributed by atoms with Crippen LogP contribution in [-0.2, 0) is 6.54 Å². The molecule has 0 aliphatic rings. The predicted molar refractivity (Wildman–Crippen MR) is 60.5 cm³/mol. The van der Waals surface area contributed by atoms with E-state index in [-0.39, 0.29) is 6.04 Å². The van der Waals surface area contributed by atoms with Crippen molar-refractivity contribution in [3.8, 4) is 0 Å². The molecule has 5 nitrogen and oxygen atoms in total. The highest BCUT2D eigenvalue weighted by Gasteiger charge is 2.18. The first-order valence-electron chi connectivity index (χ1n) is 5.29. The number of furan rings is 1. The fraction of sp³-hybridized carbons (Fsp3) is 0.364. The first-order chi connectivity index (χ1) is 7.76. The third kappa shape index (κ3) is 1.87. The molecule has 16 heavy (non-hydrogen) atoms. The van der Waals surface area contributed by atoms with E-state index in [1.807, 2.05) is 30.7 Å². The third-order valence-corrected chi connectivity index (χ3v) is 2.60. The average Bonchev–Trinajstić information content (AvgIpc) is 2.89. The van der Waals surface area contributed by atoms with Gasteiger partial charge in [-0.2, -0.15) is 5.10 Å². The zero-order valence-electron chi connectivity index (χ0n) is 9.47. The minimum Gasteiger partial charge on any atom is -0.469 e. The maximum Gasteiger partial charge on any atom is 0.101 e. The fourth-order valence-corrected chi connectivity index (χ4v) is 1.82. The molecule has 0 aromatic carbocycles. The van der Waals surface area contributed by atoms with Gasteiger partial charge in [0.1, 0.15) is 5.76 Å². The number of nitrogens with one attached hydrogen (secondary N) is 1. The number of hydrogen-bond donors (Lipinski definition) is 2. The van der Waals surface area contributed by atoms with Crippen LogP contribution in [0, 0.1) is 6.92 Å². The zero-order chi connectivity index (χ0) is 11.5. The summed E-state index contributed by atoms with van der Waals surface area (Å²) in [5, 5.41) is 4.23. The lowest BCUT2D eigenvalue weighted by Crippen LogP contribution is -2.30. The van der Waals surface area contributed by atoms with Gasteiger partial charge in [-0.1, -0.05) is 0 Å². The van der Waals surface area contributed by atoms with Gasteiger partial charge in [-0.15, -0.1) is 0 Å². The lowest BCUT2D eigenvalue weighted by atomic mass is 10.1. The number of aryl methyl sites for hydroxylation is 2. The molecule has 5 heteroatoms. The molecule has 1 atom stereocenters. The molecular formula is C11H16N4O. The third-order valence-electron chi connectivity index (χ3n) is 2.60. The van der Waals surface area contributed by atoms with Crippen LogP contribution in [0.25, 0.3) is 0 Å². The Bertz CT molecular complexity index is 460. The molecule has 86 valence electrons. The van der Waals surface area contributed by atoms with Gasteiger partial charge in [-0.3, -0.25) is 10.5 Å². The van der Waals surface area contributed by atoms with Crippen molar-refractivity contribution in [1.29, 1.82) is 0 Å². The van der Waals surface area contributed by atoms with Crippen molar-refractivity contribution in [1.82, 2.24) is 15.2 Å². The predicted octanol–water partition coefficient (Wildman–Crippen LogP) is 1.36. The number of hydrogen-bond acceptors (Lipinski definition) is 4. The number of aromatic nitrogens is 2. The van der Waals surface area contributed by atoms with Crippen molar-refractivity contribution in [3.63, 3.8) is 0 Å². The zero-order valence-corrected chi connectivity index (χ0v) is 9.47. The first kappa shape index (κ1) is 10.9. The normalized spacial score (nSPS) is 12.9. The smallest absolute Gasteiger partial charge is 0.101 e. The Labute approximate surface area is 94.2 Å². The quantitative estimate of drug-likeness (QED) is 0.603. The SMILES string of the molecule is CCn1nccc1C(NN)c1coc(C)c1. The van der Waals surface area contributed by atoms with Crippen LogP contribution in [-0.4, -0.2) is 9.78 Å². The van der Waals surface area contributed by atoms with E-state index in [9.17, 15) is 0 Å². The van der Waals surface area contributed by atoms with E-state index in [4.69, 9.17) is 10.3 Å². The van der Waals surface area contributed by atoms with E-state index >= 15 is 0 Å². The van der Waals surface area contributed by atoms with Gasteiger partial charge in [0.05, 0.1) is 18.0 Å². The molecule has 1 unspecified atom stereocenters. The van der Waals surface area contributed by atoms with Crippen LogP contribution in [0.2, 0.25) is 0 Å². The summed E-state index contributed by atoms with van der Waals surface area (Å²) in [4.78, 5) is 0. The molecule has 0 bridgehead atoms. The highest BCUT2D eigenvalue weighted by molar-refractivity contribution is 5.25. The van der Waals surface area contributed by atoms with Crippen LogP contribution in [0.15, 0.2) is 29.0 Å². The molecule has 0 aliphatic heterocycles. The first-order valence-corrected chi connectivity index (χ1v) is 5.29. The molecule has 2 aromatic rings. The van der Waals surface area contributed by atoms with Gasteiger partial charge in [0.15, 0.2) is 0 Å². The Morgan fingerprint density at radius 1 is 1.62 bits per heavy atom. The van der Waals surface area contributed by atoms with Gasteiger partial charge in [-0.25, -0.2) is 5.43 Å². The molecule has 0 fully saturated rings. The Morgan fingerprint density at radius 2 is 2.44 bits per heavy atom. The highest BCUT2D eigenvalue weighted by Crippen LogP contribution is 2.22. The number of nitrogens with two attached hydrogens (primary N) is 1. The van der Waals surface area contributed by atoms with E-state index in [0.29, 0.717) is 0 Å². The summed E-state index contributed by atoms with van der Waals surface area (Å²) >= 11 is 0.